The van der Waals surface area contributed by atoms with Gasteiger partial charge in [0, 0.05) is 30.6 Å². The second-order valence-electron chi connectivity index (χ2n) is 5.66. The molecule has 0 atom stereocenters. The number of nitro benzene ring substituents is 1. The van der Waals surface area contributed by atoms with Crippen LogP contribution >= 0.6 is 0 Å². The van der Waals surface area contributed by atoms with Crippen LogP contribution in [-0.2, 0) is 0 Å². The van der Waals surface area contributed by atoms with Crippen LogP contribution in [0.25, 0.3) is 11.4 Å². The molecule has 1 aromatic carbocycles. The number of nitro groups is 1. The topological polar surface area (TPSA) is 126 Å². The Morgan fingerprint density at radius 3 is 2.70 bits per heavy atom. The Morgan fingerprint density at radius 1 is 1.15 bits per heavy atom. The Balaban J connectivity index is 1.99. The summed E-state index contributed by atoms with van der Waals surface area (Å²) < 4.78 is 0. The normalized spacial score (nSPS) is 10.4. The quantitative estimate of drug-likeness (QED) is 0.430. The van der Waals surface area contributed by atoms with Crippen molar-refractivity contribution in [3.63, 3.8) is 0 Å². The van der Waals surface area contributed by atoms with Crippen molar-refractivity contribution >= 4 is 23.1 Å². The fourth-order valence-corrected chi connectivity index (χ4v) is 2.50. The van der Waals surface area contributed by atoms with Gasteiger partial charge in [-0.1, -0.05) is 12.1 Å². The fourth-order valence-electron chi connectivity index (χ4n) is 2.50. The minimum atomic E-state index is -0.423. The second-order valence-corrected chi connectivity index (χ2v) is 5.66. The van der Waals surface area contributed by atoms with Crippen LogP contribution in [0.4, 0.5) is 23.1 Å². The average Bonchev–Trinajstić information content (AvgIpc) is 2.68. The Bertz CT molecular complexity index is 949. The molecule has 9 heteroatoms. The van der Waals surface area contributed by atoms with Gasteiger partial charge in [0.25, 0.3) is 5.69 Å². The summed E-state index contributed by atoms with van der Waals surface area (Å²) in [5.41, 5.74) is 2.34. The minimum Gasteiger partial charge on any atom is -0.395 e. The van der Waals surface area contributed by atoms with Gasteiger partial charge < -0.3 is 15.7 Å². The third-order valence-electron chi connectivity index (χ3n) is 3.81. The average molecular weight is 366 g/mol. The molecule has 0 bridgehead atoms. The molecule has 3 rings (SSSR count). The lowest BCUT2D eigenvalue weighted by molar-refractivity contribution is -0.385. The molecule has 0 radical (unpaired) electrons. The van der Waals surface area contributed by atoms with E-state index < -0.39 is 4.92 Å². The van der Waals surface area contributed by atoms with Crippen LogP contribution in [0.2, 0.25) is 0 Å². The van der Waals surface area contributed by atoms with E-state index >= 15 is 0 Å². The van der Waals surface area contributed by atoms with E-state index in [1.807, 2.05) is 12.1 Å². The molecule has 0 fully saturated rings. The van der Waals surface area contributed by atoms with Crippen LogP contribution in [0.15, 0.2) is 48.7 Å². The number of benzene rings is 1. The van der Waals surface area contributed by atoms with Gasteiger partial charge in [0.05, 0.1) is 28.5 Å². The lowest BCUT2D eigenvalue weighted by atomic mass is 10.1. The van der Waals surface area contributed by atoms with Crippen molar-refractivity contribution in [3.8, 4) is 11.4 Å². The van der Waals surface area contributed by atoms with Crippen LogP contribution in [0.5, 0.6) is 0 Å². The SMILES string of the molecule is Cc1c(Nc2cc(-c3ccccn3)nc(NCCO)n2)cccc1[N+](=O)[O-]. The van der Waals surface area contributed by atoms with E-state index in [-0.39, 0.29) is 12.3 Å². The maximum absolute atomic E-state index is 11.1. The van der Waals surface area contributed by atoms with Crippen molar-refractivity contribution in [2.45, 2.75) is 6.92 Å². The summed E-state index contributed by atoms with van der Waals surface area (Å²) in [5, 5.41) is 26.2. The van der Waals surface area contributed by atoms with E-state index in [0.29, 0.717) is 40.9 Å². The van der Waals surface area contributed by atoms with E-state index in [9.17, 15) is 10.1 Å². The molecular weight excluding hydrogens is 348 g/mol. The van der Waals surface area contributed by atoms with E-state index in [0.717, 1.165) is 0 Å². The molecule has 0 amide bonds. The van der Waals surface area contributed by atoms with Crippen molar-refractivity contribution in [3.05, 3.63) is 64.3 Å². The van der Waals surface area contributed by atoms with Crippen molar-refractivity contribution in [2.24, 2.45) is 0 Å². The number of nitrogens with zero attached hydrogens (tertiary/aromatic N) is 4. The molecule has 0 saturated carbocycles. The number of aliphatic hydroxyl groups is 1. The van der Waals surface area contributed by atoms with Crippen LogP contribution in [0.1, 0.15) is 5.56 Å². The number of pyridine rings is 1. The number of hydrogen-bond acceptors (Lipinski definition) is 8. The maximum atomic E-state index is 11.1. The summed E-state index contributed by atoms with van der Waals surface area (Å²) in [5.74, 6) is 0.771. The van der Waals surface area contributed by atoms with Gasteiger partial charge in [-0.2, -0.15) is 4.98 Å². The molecule has 0 unspecified atom stereocenters. The number of aromatic nitrogens is 3. The zero-order valence-electron chi connectivity index (χ0n) is 14.6. The van der Waals surface area contributed by atoms with Gasteiger partial charge in [-0.3, -0.25) is 15.1 Å². The molecule has 0 spiro atoms. The molecule has 27 heavy (non-hydrogen) atoms. The molecule has 3 N–H and O–H groups in total. The summed E-state index contributed by atoms with van der Waals surface area (Å²) in [6.45, 7) is 1.90. The van der Waals surface area contributed by atoms with Crippen LogP contribution < -0.4 is 10.6 Å². The number of anilines is 3. The predicted octanol–water partition coefficient (Wildman–Crippen LogP) is 2.90. The van der Waals surface area contributed by atoms with Gasteiger partial charge in [-0.25, -0.2) is 4.98 Å². The third-order valence-corrected chi connectivity index (χ3v) is 3.81. The highest BCUT2D eigenvalue weighted by Gasteiger charge is 2.14. The molecule has 2 aromatic heterocycles. The zero-order chi connectivity index (χ0) is 19.2. The number of hydrogen-bond donors (Lipinski definition) is 3. The molecule has 3 aromatic rings. The zero-order valence-corrected chi connectivity index (χ0v) is 14.6. The largest absolute Gasteiger partial charge is 0.395 e. The van der Waals surface area contributed by atoms with Crippen molar-refractivity contribution in [1.82, 2.24) is 15.0 Å². The van der Waals surface area contributed by atoms with Gasteiger partial charge in [0.2, 0.25) is 5.95 Å². The molecule has 2 heterocycles. The molecule has 0 aliphatic rings. The van der Waals surface area contributed by atoms with Gasteiger partial charge in [-0.15, -0.1) is 0 Å². The van der Waals surface area contributed by atoms with E-state index in [1.165, 1.54) is 6.07 Å². The van der Waals surface area contributed by atoms with Gasteiger partial charge in [0.1, 0.15) is 5.82 Å². The smallest absolute Gasteiger partial charge is 0.274 e. The molecule has 0 aliphatic carbocycles. The van der Waals surface area contributed by atoms with Crippen LogP contribution in [0.3, 0.4) is 0 Å². The third kappa shape index (κ3) is 4.33. The highest BCUT2D eigenvalue weighted by molar-refractivity contribution is 5.69. The highest BCUT2D eigenvalue weighted by Crippen LogP contribution is 2.28. The first-order valence-corrected chi connectivity index (χ1v) is 8.24. The summed E-state index contributed by atoms with van der Waals surface area (Å²) in [6, 6.07) is 12.0. The lowest BCUT2D eigenvalue weighted by Gasteiger charge is -2.12. The van der Waals surface area contributed by atoms with Crippen molar-refractivity contribution < 1.29 is 10.0 Å². The molecule has 0 saturated heterocycles. The lowest BCUT2D eigenvalue weighted by Crippen LogP contribution is -2.10. The summed E-state index contributed by atoms with van der Waals surface area (Å²) in [7, 11) is 0. The molecule has 9 nitrogen and oxygen atoms in total. The first kappa shape index (κ1) is 18.2. The molecular formula is C18H18N6O3. The van der Waals surface area contributed by atoms with Crippen molar-refractivity contribution in [1.29, 1.82) is 0 Å². The Labute approximate surface area is 155 Å². The van der Waals surface area contributed by atoms with Gasteiger partial charge in [0.15, 0.2) is 0 Å². The maximum Gasteiger partial charge on any atom is 0.274 e. The van der Waals surface area contributed by atoms with E-state index in [4.69, 9.17) is 5.11 Å². The first-order chi connectivity index (χ1) is 13.1. The summed E-state index contributed by atoms with van der Waals surface area (Å²) >= 11 is 0. The monoisotopic (exact) mass is 366 g/mol. The predicted molar refractivity (Wildman–Crippen MR) is 102 cm³/mol. The number of rotatable bonds is 7. The highest BCUT2D eigenvalue weighted by atomic mass is 16.6. The standard InChI is InChI=1S/C18H18N6O3/c1-12-13(6-4-7-16(12)24(26)27)21-17-11-15(14-5-2-3-8-19-14)22-18(23-17)20-9-10-25/h2-8,11,25H,9-10H2,1H3,(H2,20,21,22,23). The van der Waals surface area contributed by atoms with Crippen LogP contribution in [-0.4, -0.2) is 38.1 Å². The fraction of sp³-hybridized carbons (Fsp3) is 0.167. The Morgan fingerprint density at radius 2 is 2.00 bits per heavy atom. The van der Waals surface area contributed by atoms with Crippen LogP contribution in [0, 0.1) is 17.0 Å². The number of aliphatic hydroxyl groups excluding tert-OH is 1. The van der Waals surface area contributed by atoms with Crippen molar-refractivity contribution in [2.75, 3.05) is 23.8 Å². The summed E-state index contributed by atoms with van der Waals surface area (Å²) in [4.78, 5) is 23.8. The number of nitrogens with one attached hydrogen (secondary N) is 2. The van der Waals surface area contributed by atoms with E-state index in [1.54, 1.807) is 37.4 Å². The second kappa shape index (κ2) is 8.19. The first-order valence-electron chi connectivity index (χ1n) is 8.24. The summed E-state index contributed by atoms with van der Waals surface area (Å²) in [6.07, 6.45) is 1.66. The van der Waals surface area contributed by atoms with E-state index in [2.05, 4.69) is 25.6 Å². The molecule has 0 aliphatic heterocycles. The molecule has 138 valence electrons. The Kier molecular flexibility index (Phi) is 5.53. The van der Waals surface area contributed by atoms with Gasteiger partial charge in [-0.05, 0) is 25.1 Å². The Hall–Kier alpha value is -3.59. The van der Waals surface area contributed by atoms with Gasteiger partial charge >= 0.3 is 0 Å². The minimum absolute atomic E-state index is 0.0256.